The first-order valence-electron chi connectivity index (χ1n) is 2.59. The van der Waals surface area contributed by atoms with Gasteiger partial charge in [0.1, 0.15) is 0 Å². The molecule has 1 rings (SSSR count). The zero-order valence-corrected chi connectivity index (χ0v) is 5.31. The van der Waals surface area contributed by atoms with Crippen molar-refractivity contribution in [2.24, 2.45) is 7.05 Å². The molecule has 0 aliphatic carbocycles. The first kappa shape index (κ1) is 6.60. The molecule has 54 valence electrons. The van der Waals surface area contributed by atoms with Crippen molar-refractivity contribution in [1.82, 2.24) is 9.78 Å². The summed E-state index contributed by atoms with van der Waals surface area (Å²) in [6.45, 7) is 0. The molecule has 0 spiro atoms. The predicted molar refractivity (Wildman–Crippen MR) is 31.9 cm³/mol. The van der Waals surface area contributed by atoms with Crippen molar-refractivity contribution in [1.29, 1.82) is 0 Å². The van der Waals surface area contributed by atoms with Crippen LogP contribution in [0.25, 0.3) is 0 Å². The Bertz CT molecular complexity index is 243. The average molecular weight is 142 g/mol. The van der Waals surface area contributed by atoms with Gasteiger partial charge in [0.25, 0.3) is 0 Å². The van der Waals surface area contributed by atoms with Crippen LogP contribution in [0.15, 0.2) is 12.3 Å². The van der Waals surface area contributed by atoms with Crippen molar-refractivity contribution in [2.45, 2.75) is 0 Å². The zero-order valence-electron chi connectivity index (χ0n) is 5.31. The molecule has 0 amide bonds. The van der Waals surface area contributed by atoms with Crippen molar-refractivity contribution in [3.05, 3.63) is 12.3 Å². The van der Waals surface area contributed by atoms with Crippen molar-refractivity contribution in [2.75, 3.05) is 0 Å². The topological polar surface area (TPSA) is 64.4 Å². The fourth-order valence-corrected chi connectivity index (χ4v) is 0.551. The fourth-order valence-electron chi connectivity index (χ4n) is 0.551. The van der Waals surface area contributed by atoms with Crippen LogP contribution in [-0.4, -0.2) is 21.0 Å². The maximum absolute atomic E-state index is 9.96. The van der Waals surface area contributed by atoms with Crippen LogP contribution in [0.5, 0.6) is 5.88 Å². The minimum atomic E-state index is -1.33. The SMILES string of the molecule is Cn1nccc1OC(=O)O. The first-order valence-corrected chi connectivity index (χ1v) is 2.59. The molecule has 0 atom stereocenters. The summed E-state index contributed by atoms with van der Waals surface area (Å²) in [6, 6.07) is 1.47. The average Bonchev–Trinajstić information content (AvgIpc) is 2.15. The Morgan fingerprint density at radius 3 is 3.00 bits per heavy atom. The highest BCUT2D eigenvalue weighted by molar-refractivity contribution is 5.60. The van der Waals surface area contributed by atoms with Gasteiger partial charge in [0.2, 0.25) is 5.88 Å². The number of aryl methyl sites for hydroxylation is 1. The molecule has 0 radical (unpaired) electrons. The summed E-state index contributed by atoms with van der Waals surface area (Å²) < 4.78 is 5.63. The lowest BCUT2D eigenvalue weighted by molar-refractivity contribution is 0.140. The Kier molecular flexibility index (Phi) is 1.57. The monoisotopic (exact) mass is 142 g/mol. The van der Waals surface area contributed by atoms with E-state index in [1.54, 1.807) is 7.05 Å². The molecule has 1 aromatic rings. The molecule has 5 nitrogen and oxygen atoms in total. The van der Waals surface area contributed by atoms with Gasteiger partial charge in [-0.05, 0) is 0 Å². The summed E-state index contributed by atoms with van der Waals surface area (Å²) in [5, 5.41) is 11.8. The van der Waals surface area contributed by atoms with E-state index in [1.165, 1.54) is 16.9 Å². The van der Waals surface area contributed by atoms with Gasteiger partial charge in [0.05, 0.1) is 6.20 Å². The van der Waals surface area contributed by atoms with Crippen molar-refractivity contribution < 1.29 is 14.6 Å². The highest BCUT2D eigenvalue weighted by Gasteiger charge is 2.02. The first-order chi connectivity index (χ1) is 4.70. The molecule has 0 saturated heterocycles. The van der Waals surface area contributed by atoms with Crippen LogP contribution in [0.4, 0.5) is 4.79 Å². The summed E-state index contributed by atoms with van der Waals surface area (Å²) in [5.41, 5.74) is 0. The third-order valence-electron chi connectivity index (χ3n) is 0.968. The number of aromatic nitrogens is 2. The highest BCUT2D eigenvalue weighted by atomic mass is 16.7. The molecule has 0 aromatic carbocycles. The van der Waals surface area contributed by atoms with Crippen LogP contribution in [0, 0.1) is 0 Å². The third kappa shape index (κ3) is 1.25. The van der Waals surface area contributed by atoms with Gasteiger partial charge in [0, 0.05) is 13.1 Å². The molecule has 5 heteroatoms. The summed E-state index contributed by atoms with van der Waals surface area (Å²) in [5.74, 6) is 0.215. The normalized spacial score (nSPS) is 9.30. The molecule has 1 N–H and O–H groups in total. The Hall–Kier alpha value is -1.52. The number of hydrogen-bond donors (Lipinski definition) is 1. The van der Waals surface area contributed by atoms with Gasteiger partial charge in [-0.3, -0.25) is 0 Å². The van der Waals surface area contributed by atoms with E-state index in [9.17, 15) is 4.79 Å². The van der Waals surface area contributed by atoms with Crippen LogP contribution in [0.3, 0.4) is 0 Å². The maximum atomic E-state index is 9.96. The molecule has 0 unspecified atom stereocenters. The Morgan fingerprint density at radius 1 is 1.90 bits per heavy atom. The molecule has 1 heterocycles. The zero-order chi connectivity index (χ0) is 7.56. The van der Waals surface area contributed by atoms with Gasteiger partial charge in [-0.2, -0.15) is 5.10 Å². The molecular weight excluding hydrogens is 136 g/mol. The lowest BCUT2D eigenvalue weighted by Gasteiger charge is -1.96. The number of carbonyl (C=O) groups is 1. The van der Waals surface area contributed by atoms with E-state index in [0.29, 0.717) is 0 Å². The van der Waals surface area contributed by atoms with Gasteiger partial charge in [-0.1, -0.05) is 0 Å². The molecule has 0 aliphatic rings. The lowest BCUT2D eigenvalue weighted by Crippen LogP contribution is -2.06. The van der Waals surface area contributed by atoms with Gasteiger partial charge in [-0.25, -0.2) is 9.48 Å². The summed E-state index contributed by atoms with van der Waals surface area (Å²) in [4.78, 5) is 9.96. The molecule has 0 bridgehead atoms. The van der Waals surface area contributed by atoms with Crippen molar-refractivity contribution >= 4 is 6.16 Å². The summed E-state index contributed by atoms with van der Waals surface area (Å²) >= 11 is 0. The van der Waals surface area contributed by atoms with E-state index in [1.807, 2.05) is 0 Å². The maximum Gasteiger partial charge on any atom is 0.512 e. The number of ether oxygens (including phenoxy) is 1. The van der Waals surface area contributed by atoms with E-state index in [0.717, 1.165) is 0 Å². The third-order valence-corrected chi connectivity index (χ3v) is 0.968. The molecule has 1 aromatic heterocycles. The van der Waals surface area contributed by atoms with E-state index in [2.05, 4.69) is 9.84 Å². The van der Waals surface area contributed by atoms with E-state index < -0.39 is 6.16 Å². The van der Waals surface area contributed by atoms with Gasteiger partial charge < -0.3 is 9.84 Å². The van der Waals surface area contributed by atoms with Gasteiger partial charge >= 0.3 is 6.16 Å². The van der Waals surface area contributed by atoms with Crippen molar-refractivity contribution in [3.8, 4) is 5.88 Å². The minimum Gasteiger partial charge on any atom is -0.449 e. The predicted octanol–water partition coefficient (Wildman–Crippen LogP) is 0.477. The van der Waals surface area contributed by atoms with E-state index in [-0.39, 0.29) is 5.88 Å². The molecule has 0 fully saturated rings. The molecular formula is C5H6N2O3. The van der Waals surface area contributed by atoms with Crippen LogP contribution >= 0.6 is 0 Å². The molecule has 0 saturated carbocycles. The second-order valence-electron chi connectivity index (χ2n) is 1.66. The van der Waals surface area contributed by atoms with Crippen molar-refractivity contribution in [3.63, 3.8) is 0 Å². The Morgan fingerprint density at radius 2 is 2.60 bits per heavy atom. The number of rotatable bonds is 1. The van der Waals surface area contributed by atoms with Gasteiger partial charge in [0.15, 0.2) is 0 Å². The largest absolute Gasteiger partial charge is 0.512 e. The minimum absolute atomic E-state index is 0.215. The number of carboxylic acid groups (broad SMARTS) is 1. The van der Waals surface area contributed by atoms with Crippen LogP contribution in [0.2, 0.25) is 0 Å². The summed E-state index contributed by atoms with van der Waals surface area (Å²) in [6.07, 6.45) is 0.127. The smallest absolute Gasteiger partial charge is 0.449 e. The summed E-state index contributed by atoms with van der Waals surface area (Å²) in [7, 11) is 1.60. The van der Waals surface area contributed by atoms with Crippen LogP contribution < -0.4 is 4.74 Å². The Balaban J connectivity index is 2.74. The number of hydrogen-bond acceptors (Lipinski definition) is 3. The standard InChI is InChI=1S/C5H6N2O3/c1-7-4(2-3-6-7)10-5(8)9/h2-3H,1H3,(H,8,9). The number of nitrogens with zero attached hydrogens (tertiary/aromatic N) is 2. The quantitative estimate of drug-likeness (QED) is 0.579. The molecule has 10 heavy (non-hydrogen) atoms. The second-order valence-corrected chi connectivity index (χ2v) is 1.66. The van der Waals surface area contributed by atoms with E-state index >= 15 is 0 Å². The van der Waals surface area contributed by atoms with Crippen LogP contribution in [-0.2, 0) is 7.05 Å². The fraction of sp³-hybridized carbons (Fsp3) is 0.200. The highest BCUT2D eigenvalue weighted by Crippen LogP contribution is 2.05. The van der Waals surface area contributed by atoms with Gasteiger partial charge in [-0.15, -0.1) is 0 Å². The van der Waals surface area contributed by atoms with E-state index in [4.69, 9.17) is 5.11 Å². The Labute approximate surface area is 56.8 Å². The lowest BCUT2D eigenvalue weighted by atomic mass is 10.7. The second kappa shape index (κ2) is 2.38. The van der Waals surface area contributed by atoms with Crippen LogP contribution in [0.1, 0.15) is 0 Å². The molecule has 0 aliphatic heterocycles.